The maximum Gasteiger partial charge on any atom is 0.276 e. The number of halogens is 1. The molecule has 0 spiro atoms. The predicted molar refractivity (Wildman–Crippen MR) is 81.1 cm³/mol. The van der Waals surface area contributed by atoms with E-state index in [-0.39, 0.29) is 12.5 Å². The topological polar surface area (TPSA) is 70.7 Å². The lowest BCUT2D eigenvalue weighted by Crippen LogP contribution is -2.44. The van der Waals surface area contributed by atoms with Crippen molar-refractivity contribution in [3.63, 3.8) is 0 Å². The smallest absolute Gasteiger partial charge is 0.276 e. The van der Waals surface area contributed by atoms with Crippen LogP contribution < -0.4 is 15.6 Å². The molecule has 0 heterocycles. The second kappa shape index (κ2) is 8.49. The van der Waals surface area contributed by atoms with Gasteiger partial charge in [0.15, 0.2) is 6.61 Å². The Morgan fingerprint density at radius 2 is 1.90 bits per heavy atom. The van der Waals surface area contributed by atoms with Crippen LogP contribution in [0, 0.1) is 6.92 Å². The summed E-state index contributed by atoms with van der Waals surface area (Å²) in [6, 6.07) is 5.13. The van der Waals surface area contributed by atoms with Crippen LogP contribution >= 0.6 is 11.6 Å². The molecule has 0 aromatic heterocycles. The highest BCUT2D eigenvalue weighted by Gasteiger charge is 2.07. The first-order chi connectivity index (χ1) is 9.88. The molecule has 2 amide bonds. The third-order valence-corrected chi connectivity index (χ3v) is 2.86. The number of nitrogens with one attached hydrogen (secondary N) is 2. The molecule has 1 aromatic carbocycles. The van der Waals surface area contributed by atoms with E-state index in [9.17, 15) is 9.59 Å². The molecule has 0 aliphatic carbocycles. The monoisotopic (exact) mass is 313 g/mol. The minimum Gasteiger partial charge on any atom is -0.483 e. The van der Waals surface area contributed by atoms with Gasteiger partial charge in [0.25, 0.3) is 5.91 Å². The van der Waals surface area contributed by atoms with Crippen molar-refractivity contribution in [2.45, 2.75) is 13.3 Å². The van der Waals surface area contributed by atoms with E-state index in [4.69, 9.17) is 16.3 Å². The van der Waals surface area contributed by atoms with Crippen LogP contribution in [-0.4, -0.2) is 44.0 Å². The Morgan fingerprint density at radius 3 is 2.52 bits per heavy atom. The summed E-state index contributed by atoms with van der Waals surface area (Å²) in [5.41, 5.74) is 5.47. The second-order valence-corrected chi connectivity index (χ2v) is 5.28. The molecule has 0 unspecified atom stereocenters. The average Bonchev–Trinajstić information content (AvgIpc) is 2.41. The molecule has 21 heavy (non-hydrogen) atoms. The van der Waals surface area contributed by atoms with Gasteiger partial charge in [0.05, 0.1) is 0 Å². The van der Waals surface area contributed by atoms with E-state index in [1.807, 2.05) is 25.9 Å². The lowest BCUT2D eigenvalue weighted by Gasteiger charge is -2.12. The SMILES string of the molecule is Cc1cc(Cl)ccc1OCC(=O)NNC(=O)CCN(C)C. The molecular formula is C14H20ClN3O3. The number of ether oxygens (including phenoxy) is 1. The van der Waals surface area contributed by atoms with Crippen molar-refractivity contribution < 1.29 is 14.3 Å². The van der Waals surface area contributed by atoms with Crippen LogP contribution in [-0.2, 0) is 9.59 Å². The molecule has 0 radical (unpaired) electrons. The molecule has 0 saturated heterocycles. The normalized spacial score (nSPS) is 10.3. The largest absolute Gasteiger partial charge is 0.483 e. The maximum absolute atomic E-state index is 11.5. The summed E-state index contributed by atoms with van der Waals surface area (Å²) < 4.78 is 5.35. The van der Waals surface area contributed by atoms with Crippen molar-refractivity contribution in [3.05, 3.63) is 28.8 Å². The van der Waals surface area contributed by atoms with Gasteiger partial charge < -0.3 is 9.64 Å². The number of amides is 2. The van der Waals surface area contributed by atoms with Gasteiger partial charge in [-0.3, -0.25) is 20.4 Å². The van der Waals surface area contributed by atoms with Crippen LogP contribution in [0.2, 0.25) is 5.02 Å². The molecule has 116 valence electrons. The highest BCUT2D eigenvalue weighted by Crippen LogP contribution is 2.21. The quantitative estimate of drug-likeness (QED) is 0.772. The second-order valence-electron chi connectivity index (χ2n) is 4.85. The third kappa shape index (κ3) is 6.97. The number of hydrogen-bond donors (Lipinski definition) is 2. The van der Waals surface area contributed by atoms with Gasteiger partial charge >= 0.3 is 0 Å². The number of hydrogen-bond acceptors (Lipinski definition) is 4. The molecule has 7 heteroatoms. The maximum atomic E-state index is 11.5. The first kappa shape index (κ1) is 17.3. The Labute approximate surface area is 129 Å². The van der Waals surface area contributed by atoms with E-state index >= 15 is 0 Å². The van der Waals surface area contributed by atoms with Crippen LogP contribution in [0.3, 0.4) is 0 Å². The summed E-state index contributed by atoms with van der Waals surface area (Å²) in [5.74, 6) is -0.101. The summed E-state index contributed by atoms with van der Waals surface area (Å²) >= 11 is 5.83. The van der Waals surface area contributed by atoms with Crippen molar-refractivity contribution in [1.29, 1.82) is 0 Å². The molecule has 2 N–H and O–H groups in total. The van der Waals surface area contributed by atoms with E-state index in [1.54, 1.807) is 18.2 Å². The summed E-state index contributed by atoms with van der Waals surface area (Å²) in [4.78, 5) is 24.8. The minimum atomic E-state index is -0.428. The standard InChI is InChI=1S/C14H20ClN3O3/c1-10-8-11(15)4-5-12(10)21-9-14(20)17-16-13(19)6-7-18(2)3/h4-5,8H,6-7,9H2,1-3H3,(H,16,19)(H,17,20). The van der Waals surface area contributed by atoms with Gasteiger partial charge in [-0.05, 0) is 44.8 Å². The number of carbonyl (C=O) groups is 2. The van der Waals surface area contributed by atoms with Crippen molar-refractivity contribution >= 4 is 23.4 Å². The van der Waals surface area contributed by atoms with Crippen LogP contribution in [0.25, 0.3) is 0 Å². The Balaban J connectivity index is 2.29. The van der Waals surface area contributed by atoms with E-state index in [0.29, 0.717) is 23.7 Å². The Bertz CT molecular complexity index is 506. The Morgan fingerprint density at radius 1 is 1.24 bits per heavy atom. The summed E-state index contributed by atoms with van der Waals surface area (Å²) in [6.45, 7) is 2.26. The van der Waals surface area contributed by atoms with E-state index in [1.165, 1.54) is 0 Å². The summed E-state index contributed by atoms with van der Waals surface area (Å²) in [7, 11) is 3.74. The number of aryl methyl sites for hydroxylation is 1. The lowest BCUT2D eigenvalue weighted by molar-refractivity contribution is -0.130. The van der Waals surface area contributed by atoms with Crippen molar-refractivity contribution in [1.82, 2.24) is 15.8 Å². The fourth-order valence-electron chi connectivity index (χ4n) is 1.48. The van der Waals surface area contributed by atoms with Gasteiger partial charge in [0.2, 0.25) is 5.91 Å². The van der Waals surface area contributed by atoms with Crippen LogP contribution in [0.5, 0.6) is 5.75 Å². The van der Waals surface area contributed by atoms with Gasteiger partial charge in [-0.15, -0.1) is 0 Å². The van der Waals surface area contributed by atoms with Gasteiger partial charge in [0, 0.05) is 18.0 Å². The number of hydrazine groups is 1. The van der Waals surface area contributed by atoms with Gasteiger partial charge in [-0.2, -0.15) is 0 Å². The van der Waals surface area contributed by atoms with Gasteiger partial charge in [-0.25, -0.2) is 0 Å². The zero-order valence-electron chi connectivity index (χ0n) is 12.4. The van der Waals surface area contributed by atoms with Gasteiger partial charge in [-0.1, -0.05) is 11.6 Å². The van der Waals surface area contributed by atoms with Crippen molar-refractivity contribution in [3.8, 4) is 5.75 Å². The van der Waals surface area contributed by atoms with Crippen molar-refractivity contribution in [2.24, 2.45) is 0 Å². The molecule has 0 atom stereocenters. The fraction of sp³-hybridized carbons (Fsp3) is 0.429. The van der Waals surface area contributed by atoms with Crippen molar-refractivity contribution in [2.75, 3.05) is 27.2 Å². The molecule has 0 saturated carbocycles. The molecule has 1 rings (SSSR count). The minimum absolute atomic E-state index is 0.184. The first-order valence-corrected chi connectivity index (χ1v) is 6.87. The van der Waals surface area contributed by atoms with Gasteiger partial charge in [0.1, 0.15) is 5.75 Å². The zero-order valence-corrected chi connectivity index (χ0v) is 13.2. The number of nitrogens with zero attached hydrogens (tertiary/aromatic N) is 1. The number of carbonyl (C=O) groups excluding carboxylic acids is 2. The predicted octanol–water partition coefficient (Wildman–Crippen LogP) is 1.13. The summed E-state index contributed by atoms with van der Waals surface area (Å²) in [6.07, 6.45) is 0.310. The third-order valence-electron chi connectivity index (χ3n) is 2.62. The molecule has 0 aliphatic heterocycles. The summed E-state index contributed by atoms with van der Waals surface area (Å²) in [5, 5.41) is 0.609. The molecule has 6 nitrogen and oxygen atoms in total. The Hall–Kier alpha value is -1.79. The number of benzene rings is 1. The first-order valence-electron chi connectivity index (χ1n) is 6.50. The average molecular weight is 314 g/mol. The van der Waals surface area contributed by atoms with Crippen LogP contribution in [0.4, 0.5) is 0 Å². The van der Waals surface area contributed by atoms with E-state index < -0.39 is 5.91 Å². The lowest BCUT2D eigenvalue weighted by atomic mass is 10.2. The van der Waals surface area contributed by atoms with Crippen LogP contribution in [0.15, 0.2) is 18.2 Å². The van der Waals surface area contributed by atoms with E-state index in [2.05, 4.69) is 10.9 Å². The molecule has 0 aliphatic rings. The van der Waals surface area contributed by atoms with E-state index in [0.717, 1.165) is 5.56 Å². The molecular weight excluding hydrogens is 294 g/mol. The fourth-order valence-corrected chi connectivity index (χ4v) is 1.71. The highest BCUT2D eigenvalue weighted by atomic mass is 35.5. The zero-order chi connectivity index (χ0) is 15.8. The number of rotatable bonds is 6. The van der Waals surface area contributed by atoms with Crippen LogP contribution in [0.1, 0.15) is 12.0 Å². The molecule has 1 aromatic rings. The molecule has 0 fully saturated rings. The Kier molecular flexibility index (Phi) is 6.98. The molecule has 0 bridgehead atoms. The highest BCUT2D eigenvalue weighted by molar-refractivity contribution is 6.30.